The lowest BCUT2D eigenvalue weighted by atomic mass is 10.2. The maximum absolute atomic E-state index is 10.9. The molecule has 0 bridgehead atoms. The number of benzene rings is 1. The molecule has 1 aromatic carbocycles. The number of ether oxygens (including phenoxy) is 1. The molecule has 114 valence electrons. The summed E-state index contributed by atoms with van der Waals surface area (Å²) in [4.78, 5) is 0. The van der Waals surface area contributed by atoms with E-state index in [0.29, 0.717) is 26.2 Å². The second kappa shape index (κ2) is 8.33. The van der Waals surface area contributed by atoms with Crippen molar-refractivity contribution in [3.8, 4) is 5.75 Å². The van der Waals surface area contributed by atoms with Crippen LogP contribution in [0, 0.1) is 0 Å². The molecular formula is C12H18Br2N2O3S. The molecule has 0 fully saturated rings. The van der Waals surface area contributed by atoms with Crippen LogP contribution in [0.2, 0.25) is 0 Å². The SMILES string of the molecule is CCOc1c(Br)cc(CNCCNS(C)(=O)=O)cc1Br. The van der Waals surface area contributed by atoms with E-state index >= 15 is 0 Å². The minimum atomic E-state index is -3.12. The summed E-state index contributed by atoms with van der Waals surface area (Å²) in [5, 5.41) is 3.17. The molecule has 0 aliphatic rings. The summed E-state index contributed by atoms with van der Waals surface area (Å²) in [7, 11) is -3.12. The molecule has 0 saturated carbocycles. The maximum atomic E-state index is 10.9. The van der Waals surface area contributed by atoms with Gasteiger partial charge in [0.2, 0.25) is 10.0 Å². The average molecular weight is 430 g/mol. The summed E-state index contributed by atoms with van der Waals surface area (Å²) in [5.74, 6) is 0.787. The molecule has 0 amide bonds. The van der Waals surface area contributed by atoms with Crippen molar-refractivity contribution in [3.63, 3.8) is 0 Å². The predicted molar refractivity (Wildman–Crippen MR) is 87.6 cm³/mol. The van der Waals surface area contributed by atoms with E-state index in [-0.39, 0.29) is 0 Å². The first-order chi connectivity index (χ1) is 9.33. The van der Waals surface area contributed by atoms with Crippen LogP contribution in [0.3, 0.4) is 0 Å². The van der Waals surface area contributed by atoms with Crippen LogP contribution in [0.15, 0.2) is 21.1 Å². The highest BCUT2D eigenvalue weighted by Gasteiger charge is 2.08. The first-order valence-corrected chi connectivity index (χ1v) is 9.57. The van der Waals surface area contributed by atoms with Crippen LogP contribution < -0.4 is 14.8 Å². The zero-order valence-electron chi connectivity index (χ0n) is 11.4. The van der Waals surface area contributed by atoms with Crippen LogP contribution in [0.4, 0.5) is 0 Å². The highest BCUT2D eigenvalue weighted by molar-refractivity contribution is 9.11. The van der Waals surface area contributed by atoms with E-state index in [1.807, 2.05) is 19.1 Å². The minimum absolute atomic E-state index is 0.373. The van der Waals surface area contributed by atoms with E-state index in [9.17, 15) is 8.42 Å². The first kappa shape index (κ1) is 17.9. The second-order valence-corrected chi connectivity index (χ2v) is 7.71. The van der Waals surface area contributed by atoms with Gasteiger partial charge in [0.25, 0.3) is 0 Å². The van der Waals surface area contributed by atoms with Crippen molar-refractivity contribution in [1.29, 1.82) is 0 Å². The third-order valence-electron chi connectivity index (χ3n) is 2.34. The van der Waals surface area contributed by atoms with Crippen molar-refractivity contribution in [1.82, 2.24) is 10.0 Å². The van der Waals surface area contributed by atoms with Gasteiger partial charge in [-0.2, -0.15) is 0 Å². The zero-order valence-corrected chi connectivity index (χ0v) is 15.4. The summed E-state index contributed by atoms with van der Waals surface area (Å²) in [5.41, 5.74) is 1.08. The normalized spacial score (nSPS) is 11.6. The van der Waals surface area contributed by atoms with Crippen LogP contribution >= 0.6 is 31.9 Å². The smallest absolute Gasteiger partial charge is 0.208 e. The van der Waals surface area contributed by atoms with Crippen LogP contribution in [0.1, 0.15) is 12.5 Å². The fourth-order valence-electron chi connectivity index (χ4n) is 1.55. The third-order valence-corrected chi connectivity index (χ3v) is 4.25. The van der Waals surface area contributed by atoms with Gasteiger partial charge >= 0.3 is 0 Å². The van der Waals surface area contributed by atoms with Gasteiger partial charge in [0.05, 0.1) is 21.8 Å². The molecule has 8 heteroatoms. The van der Waals surface area contributed by atoms with Crippen molar-refractivity contribution >= 4 is 41.9 Å². The van der Waals surface area contributed by atoms with Crippen molar-refractivity contribution in [2.45, 2.75) is 13.5 Å². The molecule has 1 aromatic rings. The van der Waals surface area contributed by atoms with E-state index in [1.165, 1.54) is 0 Å². The Hall–Kier alpha value is -0.150. The number of sulfonamides is 1. The van der Waals surface area contributed by atoms with E-state index in [2.05, 4.69) is 41.9 Å². The molecule has 5 nitrogen and oxygen atoms in total. The van der Waals surface area contributed by atoms with E-state index < -0.39 is 10.0 Å². The highest BCUT2D eigenvalue weighted by atomic mass is 79.9. The second-order valence-electron chi connectivity index (χ2n) is 4.16. The summed E-state index contributed by atoms with van der Waals surface area (Å²) in [6, 6.07) is 3.96. The Morgan fingerprint density at radius 2 is 1.80 bits per heavy atom. The Balaban J connectivity index is 2.49. The standard InChI is InChI=1S/C12H18Br2N2O3S/c1-3-19-12-10(13)6-9(7-11(12)14)8-15-4-5-16-20(2,17)18/h6-7,15-16H,3-5,8H2,1-2H3. The molecule has 0 aromatic heterocycles. The molecule has 2 N–H and O–H groups in total. The number of halogens is 2. The quantitative estimate of drug-likeness (QED) is 0.622. The molecule has 20 heavy (non-hydrogen) atoms. The Morgan fingerprint density at radius 3 is 2.30 bits per heavy atom. The zero-order chi connectivity index (χ0) is 15.2. The molecule has 0 heterocycles. The lowest BCUT2D eigenvalue weighted by Gasteiger charge is -2.11. The summed E-state index contributed by atoms with van der Waals surface area (Å²) < 4.78 is 31.5. The molecule has 0 unspecified atom stereocenters. The van der Waals surface area contributed by atoms with Gasteiger partial charge in [-0.25, -0.2) is 13.1 Å². The topological polar surface area (TPSA) is 67.4 Å². The van der Waals surface area contributed by atoms with Gasteiger partial charge in [-0.1, -0.05) is 0 Å². The van der Waals surface area contributed by atoms with Crippen LogP contribution in [-0.4, -0.2) is 34.4 Å². The Labute approximate surface area is 136 Å². The Bertz CT molecular complexity index is 527. The van der Waals surface area contributed by atoms with Crippen molar-refractivity contribution in [2.75, 3.05) is 26.0 Å². The molecule has 0 aliphatic carbocycles. The third kappa shape index (κ3) is 6.53. The number of rotatable bonds is 8. The molecular weight excluding hydrogens is 412 g/mol. The van der Waals surface area contributed by atoms with Gasteiger partial charge < -0.3 is 10.1 Å². The number of hydrogen-bond acceptors (Lipinski definition) is 4. The summed E-state index contributed by atoms with van der Waals surface area (Å²) >= 11 is 6.95. The largest absolute Gasteiger partial charge is 0.492 e. The fourth-order valence-corrected chi connectivity index (χ4v) is 3.54. The van der Waals surface area contributed by atoms with Gasteiger partial charge in [0, 0.05) is 19.6 Å². The van der Waals surface area contributed by atoms with E-state index in [0.717, 1.165) is 26.5 Å². The predicted octanol–water partition coefficient (Wildman–Crippen LogP) is 2.25. The fraction of sp³-hybridized carbons (Fsp3) is 0.500. The molecule has 0 saturated heterocycles. The van der Waals surface area contributed by atoms with Crippen LogP contribution in [-0.2, 0) is 16.6 Å². The molecule has 0 atom stereocenters. The van der Waals surface area contributed by atoms with Gasteiger partial charge in [-0.15, -0.1) is 0 Å². The molecule has 0 aliphatic heterocycles. The molecule has 1 rings (SSSR count). The lowest BCUT2D eigenvalue weighted by Crippen LogP contribution is -2.30. The highest BCUT2D eigenvalue weighted by Crippen LogP contribution is 2.34. The summed E-state index contributed by atoms with van der Waals surface area (Å²) in [6.07, 6.45) is 1.15. The number of nitrogens with one attached hydrogen (secondary N) is 2. The average Bonchev–Trinajstić information content (AvgIpc) is 2.32. The minimum Gasteiger partial charge on any atom is -0.492 e. The lowest BCUT2D eigenvalue weighted by molar-refractivity contribution is 0.336. The number of hydrogen-bond donors (Lipinski definition) is 2. The van der Waals surface area contributed by atoms with E-state index in [4.69, 9.17) is 4.74 Å². The first-order valence-electron chi connectivity index (χ1n) is 6.09. The Morgan fingerprint density at radius 1 is 1.20 bits per heavy atom. The summed E-state index contributed by atoms with van der Waals surface area (Å²) in [6.45, 7) is 4.12. The maximum Gasteiger partial charge on any atom is 0.208 e. The van der Waals surface area contributed by atoms with E-state index in [1.54, 1.807) is 0 Å². The van der Waals surface area contributed by atoms with Crippen LogP contribution in [0.5, 0.6) is 5.75 Å². The molecule has 0 radical (unpaired) electrons. The van der Waals surface area contributed by atoms with Crippen molar-refractivity contribution in [3.05, 3.63) is 26.6 Å². The van der Waals surface area contributed by atoms with Gasteiger partial charge in [-0.05, 0) is 56.5 Å². The van der Waals surface area contributed by atoms with Crippen LogP contribution in [0.25, 0.3) is 0 Å². The Kier molecular flexibility index (Phi) is 7.46. The van der Waals surface area contributed by atoms with Gasteiger partial charge in [0.15, 0.2) is 0 Å². The van der Waals surface area contributed by atoms with Crippen molar-refractivity contribution in [2.24, 2.45) is 0 Å². The van der Waals surface area contributed by atoms with Gasteiger partial charge in [-0.3, -0.25) is 0 Å². The molecule has 0 spiro atoms. The van der Waals surface area contributed by atoms with Crippen molar-refractivity contribution < 1.29 is 13.2 Å². The van der Waals surface area contributed by atoms with Gasteiger partial charge in [0.1, 0.15) is 5.75 Å². The monoisotopic (exact) mass is 428 g/mol.